The number of aliphatic carboxylic acids is 1. The van der Waals surface area contributed by atoms with Crippen molar-refractivity contribution in [3.63, 3.8) is 0 Å². The van der Waals surface area contributed by atoms with Crippen LogP contribution >= 0.6 is 23.2 Å². The number of carboxylic acid groups (broad SMARTS) is 1. The molecule has 1 amide bonds. The number of aromatic nitrogens is 4. The summed E-state index contributed by atoms with van der Waals surface area (Å²) >= 11 is 9.53. The first-order chi connectivity index (χ1) is 31.1. The van der Waals surface area contributed by atoms with Crippen LogP contribution in [0.5, 0.6) is 0 Å². The monoisotopic (exact) mass is 1020 g/mol. The SMILES string of the molecule is C.C.C.C.C1CCNCC1.CCN(CC)CC.CCc1cc(=O)oc2c1c(=O)n(CC(=O)N1CCCCC1)c(=O)n2COC.CCc1cc(=O)oc2c1c(=O)n(CC(=O)O)c(=O)n2COC.ClCCl. The van der Waals surface area contributed by atoms with Crippen LogP contribution < -0.4 is 39.1 Å². The van der Waals surface area contributed by atoms with Gasteiger partial charge in [0.05, 0.1) is 5.34 Å². The maximum absolute atomic E-state index is 13.0. The lowest BCUT2D eigenvalue weighted by atomic mass is 10.1. The summed E-state index contributed by atoms with van der Waals surface area (Å²) in [7, 11) is 2.70. The number of ether oxygens (including phenoxy) is 2. The third-order valence-corrected chi connectivity index (χ3v) is 10.5. The van der Waals surface area contributed by atoms with Crippen LogP contribution in [0.25, 0.3) is 22.2 Å². The number of carbonyl (C=O) groups is 2. The number of fused-ring (bicyclic) bond motifs is 2. The molecule has 20 nitrogen and oxygen atoms in total. The molecular weight excluding hydrogens is 941 g/mol. The minimum absolute atomic E-state index is 0. The highest BCUT2D eigenvalue weighted by atomic mass is 35.5. The molecule has 0 radical (unpaired) electrons. The van der Waals surface area contributed by atoms with Crippen LogP contribution in [0.2, 0.25) is 0 Å². The number of rotatable bonds is 13. The van der Waals surface area contributed by atoms with Crippen molar-refractivity contribution < 1.29 is 33.0 Å². The Balaban J connectivity index is -0.000000925. The van der Waals surface area contributed by atoms with Crippen molar-refractivity contribution in [2.24, 2.45) is 0 Å². The maximum atomic E-state index is 13.0. The highest BCUT2D eigenvalue weighted by Gasteiger charge is 2.24. The summed E-state index contributed by atoms with van der Waals surface area (Å²) in [5.74, 6) is -1.61. The zero-order valence-corrected chi connectivity index (χ0v) is 40.1. The van der Waals surface area contributed by atoms with E-state index in [4.69, 9.17) is 46.6 Å². The number of aryl methyl sites for hydroxylation is 2. The van der Waals surface area contributed by atoms with Crippen molar-refractivity contribution in [2.45, 2.75) is 142 Å². The summed E-state index contributed by atoms with van der Waals surface area (Å²) in [6, 6.07) is 2.39. The largest absolute Gasteiger partial charge is 0.480 e. The molecule has 69 heavy (non-hydrogen) atoms. The lowest BCUT2D eigenvalue weighted by Crippen LogP contribution is -2.46. The molecular formula is C47H81Cl2N7O13. The minimum Gasteiger partial charge on any atom is -0.480 e. The number of carboxylic acids is 1. The van der Waals surface area contributed by atoms with Gasteiger partial charge >= 0.3 is 28.6 Å². The molecule has 0 saturated carbocycles. The molecule has 4 aromatic rings. The van der Waals surface area contributed by atoms with E-state index in [9.17, 15) is 38.4 Å². The van der Waals surface area contributed by atoms with E-state index in [1.807, 2.05) is 0 Å². The van der Waals surface area contributed by atoms with Gasteiger partial charge in [0.2, 0.25) is 17.3 Å². The summed E-state index contributed by atoms with van der Waals surface area (Å²) in [6.07, 6.45) is 7.86. The lowest BCUT2D eigenvalue weighted by molar-refractivity contribution is -0.138. The molecule has 2 N–H and O–H groups in total. The van der Waals surface area contributed by atoms with E-state index in [0.717, 1.165) is 39.0 Å². The number of methoxy groups -OCH3 is 2. The fraction of sp³-hybridized carbons (Fsp3) is 0.660. The zero-order chi connectivity index (χ0) is 48.6. The zero-order valence-electron chi connectivity index (χ0n) is 38.6. The fourth-order valence-electron chi connectivity index (χ4n) is 7.11. The van der Waals surface area contributed by atoms with Gasteiger partial charge in [-0.3, -0.25) is 19.2 Å². The first-order valence-electron chi connectivity index (χ1n) is 21.8. The predicted octanol–water partition coefficient (Wildman–Crippen LogP) is 5.74. The van der Waals surface area contributed by atoms with Gasteiger partial charge in [-0.1, -0.05) is 70.7 Å². The predicted molar refractivity (Wildman–Crippen MR) is 277 cm³/mol. The number of likely N-dealkylation sites (tertiary alicyclic amines) is 1. The van der Waals surface area contributed by atoms with Crippen molar-refractivity contribution in [1.82, 2.24) is 33.4 Å². The van der Waals surface area contributed by atoms with E-state index < -0.39 is 46.3 Å². The van der Waals surface area contributed by atoms with Crippen molar-refractivity contribution in [1.29, 1.82) is 0 Å². The maximum Gasteiger partial charge on any atom is 0.337 e. The smallest absolute Gasteiger partial charge is 0.337 e. The van der Waals surface area contributed by atoms with Crippen molar-refractivity contribution in [2.75, 3.05) is 65.4 Å². The highest BCUT2D eigenvalue weighted by Crippen LogP contribution is 2.14. The van der Waals surface area contributed by atoms with Gasteiger partial charge in [-0.05, 0) is 88.8 Å². The first kappa shape index (κ1) is 68.4. The highest BCUT2D eigenvalue weighted by molar-refractivity contribution is 6.40. The second-order valence-electron chi connectivity index (χ2n) is 14.7. The Morgan fingerprint density at radius 3 is 1.30 bits per heavy atom. The number of nitrogens with one attached hydrogen (secondary N) is 1. The summed E-state index contributed by atoms with van der Waals surface area (Å²) in [6.45, 7) is 15.8. The van der Waals surface area contributed by atoms with Crippen LogP contribution in [0.15, 0.2) is 49.7 Å². The molecule has 6 rings (SSSR count). The molecule has 2 aliphatic rings. The van der Waals surface area contributed by atoms with E-state index in [-0.39, 0.29) is 83.2 Å². The Kier molecular flexibility index (Phi) is 35.8. The number of nitrogens with zero attached hydrogens (tertiary/aromatic N) is 6. The van der Waals surface area contributed by atoms with Gasteiger partial charge in [-0.15, -0.1) is 23.2 Å². The van der Waals surface area contributed by atoms with Crippen LogP contribution in [0.4, 0.5) is 0 Å². The van der Waals surface area contributed by atoms with Gasteiger partial charge in [-0.25, -0.2) is 37.4 Å². The minimum atomic E-state index is -1.34. The Bertz CT molecular complexity index is 2480. The number of hydrogen-bond acceptors (Lipinski definition) is 14. The molecule has 0 bridgehead atoms. The van der Waals surface area contributed by atoms with Crippen molar-refractivity contribution >= 4 is 57.3 Å². The van der Waals surface area contributed by atoms with E-state index in [2.05, 4.69) is 31.0 Å². The molecule has 22 heteroatoms. The number of halogens is 2. The summed E-state index contributed by atoms with van der Waals surface area (Å²) in [5, 5.41) is 12.5. The van der Waals surface area contributed by atoms with Crippen LogP contribution in [0, 0.1) is 0 Å². The van der Waals surface area contributed by atoms with E-state index in [0.29, 0.717) is 41.6 Å². The van der Waals surface area contributed by atoms with Crippen molar-refractivity contribution in [3.05, 3.63) is 85.8 Å². The molecule has 2 fully saturated rings. The molecule has 0 atom stereocenters. The Morgan fingerprint density at radius 1 is 0.638 bits per heavy atom. The van der Waals surface area contributed by atoms with Crippen LogP contribution in [-0.2, 0) is 58.5 Å². The normalized spacial score (nSPS) is 12.6. The number of piperidine rings is 2. The Morgan fingerprint density at radius 2 is 1.01 bits per heavy atom. The fourth-order valence-corrected chi connectivity index (χ4v) is 7.11. The van der Waals surface area contributed by atoms with Gasteiger partial charge in [0.1, 0.15) is 37.3 Å². The molecule has 6 heterocycles. The number of alkyl halides is 2. The average molecular weight is 1020 g/mol. The van der Waals surface area contributed by atoms with Crippen LogP contribution in [-0.4, -0.2) is 110 Å². The molecule has 0 spiro atoms. The number of carbonyl (C=O) groups excluding carboxylic acids is 1. The standard InChI is InChI=1S/C18H23N3O6.C13H14N2O7.C6H15N.C5H11N.CH2Cl2.4CH4/c1-3-12-9-14(23)27-17-15(12)16(24)20(18(25)21(17)11-26-2)10-13(22)19-7-5-4-6-8-19;1-3-7-4-9(18)22-12-10(7)11(19)14(5-8(16)17)13(20)15(12)6-21-2;1-4-7(5-2)6-3;1-2-4-6-5-3-1;2-1-3;;;;/h9H,3-8,10-11H2,1-2H3;4H,3,5-6H2,1-2H3,(H,16,17);4-6H2,1-3H3;6H,1-5H2;1H2;4*1H4. The molecule has 396 valence electrons. The summed E-state index contributed by atoms with van der Waals surface area (Å²) < 4.78 is 23.5. The van der Waals surface area contributed by atoms with Gasteiger partial charge in [0.15, 0.2) is 0 Å². The van der Waals surface area contributed by atoms with Gasteiger partial charge in [0.25, 0.3) is 11.1 Å². The molecule has 4 aromatic heterocycles. The number of hydrogen-bond donors (Lipinski definition) is 2. The Labute approximate surface area is 415 Å². The topological polar surface area (TPSA) is 240 Å². The van der Waals surface area contributed by atoms with Gasteiger partial charge < -0.3 is 38.5 Å². The third kappa shape index (κ3) is 19.8. The van der Waals surface area contributed by atoms with E-state index >= 15 is 0 Å². The van der Waals surface area contributed by atoms with E-state index in [1.54, 1.807) is 18.7 Å². The summed E-state index contributed by atoms with van der Waals surface area (Å²) in [4.78, 5) is 101. The van der Waals surface area contributed by atoms with Crippen molar-refractivity contribution in [3.8, 4) is 0 Å². The molecule has 0 aromatic carbocycles. The molecule has 0 aliphatic carbocycles. The quantitative estimate of drug-likeness (QED) is 0.152. The third-order valence-electron chi connectivity index (χ3n) is 10.5. The van der Waals surface area contributed by atoms with E-state index in [1.165, 1.54) is 72.3 Å². The Hall–Kier alpha value is -4.86. The summed E-state index contributed by atoms with van der Waals surface area (Å²) in [5.41, 5.74) is -3.96. The second-order valence-corrected chi connectivity index (χ2v) is 15.5. The lowest BCUT2D eigenvalue weighted by Gasteiger charge is -2.27. The molecule has 2 aliphatic heterocycles. The van der Waals surface area contributed by atoms with Crippen LogP contribution in [0.1, 0.15) is 114 Å². The molecule has 0 unspecified atom stereocenters. The number of amides is 1. The first-order valence-corrected chi connectivity index (χ1v) is 22.8. The average Bonchev–Trinajstić information content (AvgIpc) is 3.30. The second kappa shape index (κ2) is 36.1. The van der Waals surface area contributed by atoms with Crippen LogP contribution in [0.3, 0.4) is 0 Å². The van der Waals surface area contributed by atoms with Gasteiger partial charge in [0, 0.05) is 39.4 Å². The van der Waals surface area contributed by atoms with Gasteiger partial charge in [-0.2, -0.15) is 0 Å². The molecule has 2 saturated heterocycles.